The van der Waals surface area contributed by atoms with Gasteiger partial charge in [-0.05, 0) is 12.0 Å². The lowest BCUT2D eigenvalue weighted by atomic mass is 10.0. The maximum Gasteiger partial charge on any atom is 0.143 e. The Labute approximate surface area is 92.7 Å². The largest absolute Gasteiger partial charge is 0.506 e. The third-order valence-corrected chi connectivity index (χ3v) is 2.50. The monoisotopic (exact) mass is 222 g/mol. The van der Waals surface area contributed by atoms with Crippen molar-refractivity contribution in [3.63, 3.8) is 0 Å². The van der Waals surface area contributed by atoms with Gasteiger partial charge in [-0.15, -0.1) is 0 Å². The second-order valence-electron chi connectivity index (χ2n) is 3.74. The first kappa shape index (κ1) is 10.2. The molecule has 0 radical (unpaired) electrons. The Morgan fingerprint density at radius 2 is 1.93 bits per heavy atom. The normalized spacial score (nSPS) is 11.2. The minimum absolute atomic E-state index is 0.138. The number of rotatable bonds is 1. The first-order valence-corrected chi connectivity index (χ1v) is 5.10. The fourth-order valence-electron chi connectivity index (χ4n) is 1.58. The average molecular weight is 223 g/mol. The Morgan fingerprint density at radius 3 is 2.60 bits per heavy atom. The van der Waals surface area contributed by atoms with Gasteiger partial charge in [0, 0.05) is 17.0 Å². The van der Waals surface area contributed by atoms with Crippen LogP contribution in [0.3, 0.4) is 0 Å². The molecule has 2 heterocycles. The quantitative estimate of drug-likeness (QED) is 0.755. The van der Waals surface area contributed by atoms with E-state index in [1.807, 2.05) is 13.8 Å². The summed E-state index contributed by atoms with van der Waals surface area (Å²) in [5.41, 5.74) is 0.923. The van der Waals surface area contributed by atoms with E-state index in [-0.39, 0.29) is 11.7 Å². The second-order valence-corrected chi connectivity index (χ2v) is 4.12. The lowest BCUT2D eigenvalue weighted by Gasteiger charge is -2.09. The van der Waals surface area contributed by atoms with E-state index in [0.717, 1.165) is 11.1 Å². The SMILES string of the molecule is CC(C)c1ncc(O)c2cnc(Cl)cc12. The summed E-state index contributed by atoms with van der Waals surface area (Å²) in [6, 6.07) is 1.74. The van der Waals surface area contributed by atoms with Crippen molar-refractivity contribution in [2.24, 2.45) is 0 Å². The third kappa shape index (κ3) is 1.75. The van der Waals surface area contributed by atoms with Crippen LogP contribution in [0.1, 0.15) is 25.5 Å². The van der Waals surface area contributed by atoms with Crippen molar-refractivity contribution in [1.29, 1.82) is 0 Å². The van der Waals surface area contributed by atoms with Crippen molar-refractivity contribution in [3.8, 4) is 5.75 Å². The van der Waals surface area contributed by atoms with Gasteiger partial charge in [0.1, 0.15) is 10.9 Å². The fourth-order valence-corrected chi connectivity index (χ4v) is 1.73. The highest BCUT2D eigenvalue weighted by atomic mass is 35.5. The Bertz CT molecular complexity index is 511. The summed E-state index contributed by atoms with van der Waals surface area (Å²) < 4.78 is 0. The van der Waals surface area contributed by atoms with Crippen LogP contribution in [0.15, 0.2) is 18.5 Å². The van der Waals surface area contributed by atoms with E-state index in [9.17, 15) is 5.11 Å². The van der Waals surface area contributed by atoms with Crippen LogP contribution in [0.5, 0.6) is 5.75 Å². The highest BCUT2D eigenvalue weighted by molar-refractivity contribution is 6.30. The number of aromatic hydroxyl groups is 1. The minimum Gasteiger partial charge on any atom is -0.506 e. The summed E-state index contributed by atoms with van der Waals surface area (Å²) in [6.07, 6.45) is 3.02. The van der Waals surface area contributed by atoms with Gasteiger partial charge in [-0.2, -0.15) is 0 Å². The van der Waals surface area contributed by atoms with Crippen molar-refractivity contribution in [2.45, 2.75) is 19.8 Å². The Morgan fingerprint density at radius 1 is 1.20 bits per heavy atom. The molecule has 0 aliphatic carbocycles. The van der Waals surface area contributed by atoms with Gasteiger partial charge in [-0.1, -0.05) is 25.4 Å². The molecule has 0 saturated heterocycles. The number of nitrogens with zero attached hydrogens (tertiary/aromatic N) is 2. The van der Waals surface area contributed by atoms with Crippen LogP contribution in [0.25, 0.3) is 10.8 Å². The van der Waals surface area contributed by atoms with Gasteiger partial charge < -0.3 is 5.11 Å². The van der Waals surface area contributed by atoms with Crippen molar-refractivity contribution < 1.29 is 5.11 Å². The molecule has 2 rings (SSSR count). The summed E-state index contributed by atoms with van der Waals surface area (Å²) in [7, 11) is 0. The van der Waals surface area contributed by atoms with E-state index in [1.54, 1.807) is 12.3 Å². The summed E-state index contributed by atoms with van der Waals surface area (Å²) in [4.78, 5) is 8.16. The van der Waals surface area contributed by atoms with Gasteiger partial charge in [-0.3, -0.25) is 4.98 Å². The first-order chi connectivity index (χ1) is 7.09. The van der Waals surface area contributed by atoms with E-state index in [0.29, 0.717) is 10.5 Å². The number of pyridine rings is 2. The molecule has 78 valence electrons. The number of hydrogen-bond acceptors (Lipinski definition) is 3. The molecule has 2 aromatic heterocycles. The predicted molar refractivity (Wildman–Crippen MR) is 60.3 cm³/mol. The van der Waals surface area contributed by atoms with E-state index in [1.165, 1.54) is 6.20 Å². The smallest absolute Gasteiger partial charge is 0.143 e. The molecule has 0 saturated carbocycles. The van der Waals surface area contributed by atoms with Gasteiger partial charge in [0.2, 0.25) is 0 Å². The molecule has 0 spiro atoms. The molecule has 1 N–H and O–H groups in total. The van der Waals surface area contributed by atoms with Crippen LogP contribution in [0.4, 0.5) is 0 Å². The lowest BCUT2D eigenvalue weighted by Crippen LogP contribution is -1.94. The minimum atomic E-state index is 0.138. The maximum absolute atomic E-state index is 9.62. The summed E-state index contributed by atoms with van der Waals surface area (Å²) in [6.45, 7) is 4.10. The molecule has 0 atom stereocenters. The van der Waals surface area contributed by atoms with Gasteiger partial charge >= 0.3 is 0 Å². The first-order valence-electron chi connectivity index (χ1n) is 4.72. The molecule has 0 aliphatic rings. The molecule has 0 unspecified atom stereocenters. The Kier molecular flexibility index (Phi) is 2.49. The highest BCUT2D eigenvalue weighted by Crippen LogP contribution is 2.30. The van der Waals surface area contributed by atoms with E-state index in [4.69, 9.17) is 11.6 Å². The van der Waals surface area contributed by atoms with Crippen molar-refractivity contribution in [2.75, 3.05) is 0 Å². The zero-order chi connectivity index (χ0) is 11.0. The summed E-state index contributed by atoms with van der Waals surface area (Å²) in [5.74, 6) is 0.421. The number of aromatic nitrogens is 2. The van der Waals surface area contributed by atoms with Crippen LogP contribution in [-0.4, -0.2) is 15.1 Å². The standard InChI is InChI=1S/C11H11ClN2O/c1-6(2)11-7-3-10(12)13-4-8(7)9(15)5-14-11/h3-6,15H,1-2H3. The molecular formula is C11H11ClN2O. The van der Waals surface area contributed by atoms with Crippen LogP contribution < -0.4 is 0 Å². The van der Waals surface area contributed by atoms with E-state index < -0.39 is 0 Å². The lowest BCUT2D eigenvalue weighted by molar-refractivity contribution is 0.478. The molecule has 0 aromatic carbocycles. The highest BCUT2D eigenvalue weighted by Gasteiger charge is 2.10. The van der Waals surface area contributed by atoms with E-state index in [2.05, 4.69) is 9.97 Å². The molecule has 0 bridgehead atoms. The molecule has 3 nitrogen and oxygen atoms in total. The van der Waals surface area contributed by atoms with Gasteiger partial charge in [0.25, 0.3) is 0 Å². The molecule has 15 heavy (non-hydrogen) atoms. The van der Waals surface area contributed by atoms with Crippen LogP contribution in [0, 0.1) is 0 Å². The zero-order valence-corrected chi connectivity index (χ0v) is 9.28. The van der Waals surface area contributed by atoms with Crippen molar-refractivity contribution >= 4 is 22.4 Å². The van der Waals surface area contributed by atoms with Crippen LogP contribution >= 0.6 is 11.6 Å². The molecule has 2 aromatic rings. The summed E-state index contributed by atoms with van der Waals surface area (Å²) >= 11 is 5.83. The predicted octanol–water partition coefficient (Wildman–Crippen LogP) is 3.11. The van der Waals surface area contributed by atoms with Crippen molar-refractivity contribution in [3.05, 3.63) is 29.3 Å². The third-order valence-electron chi connectivity index (χ3n) is 2.30. The second kappa shape index (κ2) is 3.66. The molecular weight excluding hydrogens is 212 g/mol. The van der Waals surface area contributed by atoms with Gasteiger partial charge in [0.15, 0.2) is 0 Å². The summed E-state index contributed by atoms with van der Waals surface area (Å²) in [5, 5.41) is 11.6. The maximum atomic E-state index is 9.62. The Hall–Kier alpha value is -1.35. The van der Waals surface area contributed by atoms with Gasteiger partial charge in [0.05, 0.1) is 11.9 Å². The van der Waals surface area contributed by atoms with E-state index >= 15 is 0 Å². The van der Waals surface area contributed by atoms with Crippen LogP contribution in [-0.2, 0) is 0 Å². The molecule has 0 fully saturated rings. The molecule has 0 aliphatic heterocycles. The molecule has 0 amide bonds. The topological polar surface area (TPSA) is 46.0 Å². The number of hydrogen-bond donors (Lipinski definition) is 1. The average Bonchev–Trinajstić information content (AvgIpc) is 2.17. The fraction of sp³-hybridized carbons (Fsp3) is 0.273. The molecule has 4 heteroatoms. The Balaban J connectivity index is 2.84. The van der Waals surface area contributed by atoms with Crippen LogP contribution in [0.2, 0.25) is 5.15 Å². The zero-order valence-electron chi connectivity index (χ0n) is 8.53. The van der Waals surface area contributed by atoms with Crippen molar-refractivity contribution in [1.82, 2.24) is 9.97 Å². The number of halogens is 1. The number of fused-ring (bicyclic) bond motifs is 1. The van der Waals surface area contributed by atoms with Gasteiger partial charge in [-0.25, -0.2) is 4.98 Å².